The summed E-state index contributed by atoms with van der Waals surface area (Å²) >= 11 is 1.27. The zero-order valence-electron chi connectivity index (χ0n) is 13.7. The van der Waals surface area contributed by atoms with Gasteiger partial charge in [-0.2, -0.15) is 0 Å². The highest BCUT2D eigenvalue weighted by Gasteiger charge is 2.18. The van der Waals surface area contributed by atoms with Crippen LogP contribution in [0.5, 0.6) is 0 Å². The van der Waals surface area contributed by atoms with E-state index in [0.29, 0.717) is 15.6 Å². The first-order valence-corrected chi connectivity index (χ1v) is 8.62. The third-order valence-electron chi connectivity index (χ3n) is 3.79. The van der Waals surface area contributed by atoms with E-state index in [1.54, 1.807) is 0 Å². The van der Waals surface area contributed by atoms with Crippen molar-refractivity contribution < 1.29 is 4.79 Å². The predicted molar refractivity (Wildman–Crippen MR) is 100 cm³/mol. The summed E-state index contributed by atoms with van der Waals surface area (Å²) in [7, 11) is 0. The van der Waals surface area contributed by atoms with Crippen LogP contribution in [0.15, 0.2) is 48.5 Å². The van der Waals surface area contributed by atoms with Crippen LogP contribution in [0.25, 0.3) is 0 Å². The second-order valence-electron chi connectivity index (χ2n) is 5.60. The molecular formula is C19H19N3OS. The molecule has 2 aromatic carbocycles. The van der Waals surface area contributed by atoms with Gasteiger partial charge in [0.05, 0.1) is 0 Å². The summed E-state index contributed by atoms with van der Waals surface area (Å²) in [6.45, 7) is 4.12. The fourth-order valence-electron chi connectivity index (χ4n) is 2.33. The molecule has 1 heterocycles. The van der Waals surface area contributed by atoms with Gasteiger partial charge < -0.3 is 11.1 Å². The molecule has 0 aliphatic heterocycles. The summed E-state index contributed by atoms with van der Waals surface area (Å²) in [5.41, 5.74) is 9.88. The van der Waals surface area contributed by atoms with Gasteiger partial charge in [-0.3, -0.25) is 4.79 Å². The van der Waals surface area contributed by atoms with E-state index in [4.69, 9.17) is 5.73 Å². The van der Waals surface area contributed by atoms with Crippen LogP contribution in [-0.4, -0.2) is 10.8 Å². The number of nitrogens with one attached hydrogen (secondary N) is 1. The van der Waals surface area contributed by atoms with Gasteiger partial charge in [0.2, 0.25) is 5.78 Å². The molecule has 1 aromatic heterocycles. The van der Waals surface area contributed by atoms with Crippen LogP contribution in [0.1, 0.15) is 33.3 Å². The topological polar surface area (TPSA) is 68.0 Å². The lowest BCUT2D eigenvalue weighted by Crippen LogP contribution is -2.02. The molecular weight excluding hydrogens is 318 g/mol. The third kappa shape index (κ3) is 3.46. The molecule has 122 valence electrons. The molecule has 0 fully saturated rings. The standard InChI is InChI=1S/C19H19N3OS/c1-3-13-6-8-14(9-7-13)16(23)17-18(20)22-19(24-17)21-15-10-4-12(2)5-11-15/h4-11H,3,20H2,1-2H3,(H,21,22). The summed E-state index contributed by atoms with van der Waals surface area (Å²) in [5, 5.41) is 3.81. The lowest BCUT2D eigenvalue weighted by Gasteiger charge is -2.02. The summed E-state index contributed by atoms with van der Waals surface area (Å²) < 4.78 is 0. The Balaban J connectivity index is 1.82. The maximum absolute atomic E-state index is 12.6. The van der Waals surface area contributed by atoms with Gasteiger partial charge in [0.25, 0.3) is 0 Å². The molecule has 4 nitrogen and oxygen atoms in total. The van der Waals surface area contributed by atoms with Gasteiger partial charge in [-0.05, 0) is 31.0 Å². The summed E-state index contributed by atoms with van der Waals surface area (Å²) in [6, 6.07) is 15.6. The normalized spacial score (nSPS) is 10.6. The van der Waals surface area contributed by atoms with Crippen LogP contribution in [-0.2, 0) is 6.42 Å². The number of benzene rings is 2. The van der Waals surface area contributed by atoms with Crippen LogP contribution in [0.3, 0.4) is 0 Å². The van der Waals surface area contributed by atoms with Gasteiger partial charge in [0, 0.05) is 11.3 Å². The summed E-state index contributed by atoms with van der Waals surface area (Å²) in [4.78, 5) is 17.4. The van der Waals surface area contributed by atoms with Crippen LogP contribution in [0.2, 0.25) is 0 Å². The number of carbonyl (C=O) groups is 1. The maximum Gasteiger partial charge on any atom is 0.206 e. The van der Waals surface area contributed by atoms with E-state index in [2.05, 4.69) is 17.2 Å². The fraction of sp³-hybridized carbons (Fsp3) is 0.158. The Labute approximate surface area is 145 Å². The van der Waals surface area contributed by atoms with Gasteiger partial charge in [0.15, 0.2) is 5.13 Å². The van der Waals surface area contributed by atoms with E-state index in [1.807, 2.05) is 55.5 Å². The van der Waals surface area contributed by atoms with Crippen molar-refractivity contribution in [1.82, 2.24) is 4.98 Å². The molecule has 3 rings (SSSR count). The van der Waals surface area contributed by atoms with Crippen molar-refractivity contribution in [3.63, 3.8) is 0 Å². The number of rotatable bonds is 5. The zero-order chi connectivity index (χ0) is 17.1. The Hall–Kier alpha value is -2.66. The Morgan fingerprint density at radius 2 is 1.79 bits per heavy atom. The average Bonchev–Trinajstić information content (AvgIpc) is 2.96. The number of thiazole rings is 1. The molecule has 24 heavy (non-hydrogen) atoms. The lowest BCUT2D eigenvalue weighted by atomic mass is 10.1. The second-order valence-corrected chi connectivity index (χ2v) is 6.60. The highest BCUT2D eigenvalue weighted by atomic mass is 32.1. The van der Waals surface area contributed by atoms with Crippen LogP contribution in [0.4, 0.5) is 16.6 Å². The molecule has 5 heteroatoms. The molecule has 0 radical (unpaired) electrons. The van der Waals surface area contributed by atoms with E-state index in [1.165, 1.54) is 22.5 Å². The number of aryl methyl sites for hydroxylation is 2. The van der Waals surface area contributed by atoms with Gasteiger partial charge in [-0.15, -0.1) is 0 Å². The molecule has 0 atom stereocenters. The van der Waals surface area contributed by atoms with Crippen LogP contribution in [0, 0.1) is 6.92 Å². The zero-order valence-corrected chi connectivity index (χ0v) is 14.5. The van der Waals surface area contributed by atoms with Crippen molar-refractivity contribution in [2.24, 2.45) is 0 Å². The molecule has 0 unspecified atom stereocenters. The first-order chi connectivity index (χ1) is 11.6. The van der Waals surface area contributed by atoms with E-state index in [0.717, 1.165) is 12.1 Å². The Morgan fingerprint density at radius 1 is 1.12 bits per heavy atom. The number of hydrogen-bond acceptors (Lipinski definition) is 5. The lowest BCUT2D eigenvalue weighted by molar-refractivity contribution is 0.104. The highest BCUT2D eigenvalue weighted by molar-refractivity contribution is 7.18. The molecule has 0 bridgehead atoms. The number of nitrogen functional groups attached to an aromatic ring is 1. The molecule has 0 saturated carbocycles. The van der Waals surface area contributed by atoms with Crippen molar-refractivity contribution in [1.29, 1.82) is 0 Å². The minimum absolute atomic E-state index is 0.0930. The van der Waals surface area contributed by atoms with Gasteiger partial charge in [-0.1, -0.05) is 60.2 Å². The van der Waals surface area contributed by atoms with E-state index >= 15 is 0 Å². The molecule has 0 spiro atoms. The van der Waals surface area contributed by atoms with Crippen molar-refractivity contribution in [3.05, 3.63) is 70.1 Å². The molecule has 3 N–H and O–H groups in total. The summed E-state index contributed by atoms with van der Waals surface area (Å²) in [6.07, 6.45) is 0.946. The largest absolute Gasteiger partial charge is 0.382 e. The minimum Gasteiger partial charge on any atom is -0.382 e. The van der Waals surface area contributed by atoms with Gasteiger partial charge in [-0.25, -0.2) is 4.98 Å². The van der Waals surface area contributed by atoms with Crippen molar-refractivity contribution in [2.45, 2.75) is 20.3 Å². The number of nitrogens with two attached hydrogens (primary N) is 1. The first kappa shape index (κ1) is 16.2. The average molecular weight is 337 g/mol. The SMILES string of the molecule is CCc1ccc(C(=O)c2sc(Nc3ccc(C)cc3)nc2N)cc1. The molecule has 0 aliphatic carbocycles. The van der Waals surface area contributed by atoms with Crippen molar-refractivity contribution in [3.8, 4) is 0 Å². The van der Waals surface area contributed by atoms with Crippen LogP contribution >= 0.6 is 11.3 Å². The predicted octanol–water partition coefficient (Wildman–Crippen LogP) is 4.57. The number of aromatic nitrogens is 1. The first-order valence-electron chi connectivity index (χ1n) is 7.80. The Morgan fingerprint density at radius 3 is 2.42 bits per heavy atom. The van der Waals surface area contributed by atoms with Crippen molar-refractivity contribution in [2.75, 3.05) is 11.1 Å². The summed E-state index contributed by atoms with van der Waals surface area (Å²) in [5.74, 6) is 0.170. The highest BCUT2D eigenvalue weighted by Crippen LogP contribution is 2.29. The molecule has 0 amide bonds. The monoisotopic (exact) mass is 337 g/mol. The Bertz CT molecular complexity index is 851. The Kier molecular flexibility index (Phi) is 4.62. The van der Waals surface area contributed by atoms with Crippen molar-refractivity contribution >= 4 is 33.8 Å². The number of anilines is 3. The minimum atomic E-state index is -0.0930. The van der Waals surface area contributed by atoms with E-state index < -0.39 is 0 Å². The number of hydrogen-bond donors (Lipinski definition) is 2. The number of carbonyl (C=O) groups excluding carboxylic acids is 1. The van der Waals surface area contributed by atoms with Gasteiger partial charge in [0.1, 0.15) is 10.7 Å². The van der Waals surface area contributed by atoms with Gasteiger partial charge >= 0.3 is 0 Å². The third-order valence-corrected chi connectivity index (χ3v) is 4.77. The number of nitrogens with zero attached hydrogens (tertiary/aromatic N) is 1. The second kappa shape index (κ2) is 6.84. The smallest absolute Gasteiger partial charge is 0.206 e. The maximum atomic E-state index is 12.6. The van der Waals surface area contributed by atoms with Crippen LogP contribution < -0.4 is 11.1 Å². The molecule has 0 saturated heterocycles. The quantitative estimate of drug-likeness (QED) is 0.669. The molecule has 3 aromatic rings. The van der Waals surface area contributed by atoms with E-state index in [9.17, 15) is 4.79 Å². The van der Waals surface area contributed by atoms with E-state index in [-0.39, 0.29) is 11.6 Å². The number of ketones is 1. The molecule has 0 aliphatic rings. The fourth-order valence-corrected chi connectivity index (χ4v) is 3.20.